The summed E-state index contributed by atoms with van der Waals surface area (Å²) in [7, 11) is 0. The molecule has 0 bridgehead atoms. The van der Waals surface area contributed by atoms with Crippen molar-refractivity contribution >= 4 is 6.08 Å². The highest BCUT2D eigenvalue weighted by Crippen LogP contribution is 2.42. The molecule has 1 nitrogen and oxygen atoms in total. The van der Waals surface area contributed by atoms with Crippen molar-refractivity contribution in [3.05, 3.63) is 58.4 Å². The van der Waals surface area contributed by atoms with Crippen molar-refractivity contribution in [2.75, 3.05) is 0 Å². The lowest BCUT2D eigenvalue weighted by atomic mass is 9.74. The van der Waals surface area contributed by atoms with Crippen molar-refractivity contribution in [2.45, 2.75) is 77.5 Å². The number of fused-ring (bicyclic) bond motifs is 1. The highest BCUT2D eigenvalue weighted by atomic mass is 19.4. The molecule has 0 aliphatic heterocycles. The lowest BCUT2D eigenvalue weighted by molar-refractivity contribution is -0.275. The molecule has 2 aliphatic rings. The van der Waals surface area contributed by atoms with Crippen LogP contribution in [-0.2, 0) is 6.42 Å². The second kappa shape index (κ2) is 10.7. The smallest absolute Gasteiger partial charge is 0.403 e. The van der Waals surface area contributed by atoms with Gasteiger partial charge in [-0.05, 0) is 85.3 Å². The van der Waals surface area contributed by atoms with Gasteiger partial charge in [-0.25, -0.2) is 13.2 Å². The third-order valence-electron chi connectivity index (χ3n) is 7.39. The molecule has 0 spiro atoms. The van der Waals surface area contributed by atoms with Crippen LogP contribution < -0.4 is 4.74 Å². The molecule has 1 saturated carbocycles. The lowest BCUT2D eigenvalue weighted by Gasteiger charge is -2.32. The van der Waals surface area contributed by atoms with Crippen LogP contribution in [0.4, 0.5) is 26.3 Å². The largest absolute Gasteiger partial charge is 0.573 e. The van der Waals surface area contributed by atoms with E-state index in [4.69, 9.17) is 0 Å². The van der Waals surface area contributed by atoms with E-state index in [2.05, 4.69) is 11.7 Å². The van der Waals surface area contributed by atoms with E-state index in [0.29, 0.717) is 36.0 Å². The number of unbranched alkanes of at least 4 members (excludes halogenated alkanes) is 2. The van der Waals surface area contributed by atoms with Crippen LogP contribution >= 0.6 is 0 Å². The fourth-order valence-corrected chi connectivity index (χ4v) is 5.56. The third-order valence-corrected chi connectivity index (χ3v) is 7.39. The molecule has 7 heteroatoms. The van der Waals surface area contributed by atoms with Gasteiger partial charge in [-0.2, -0.15) is 0 Å². The molecule has 190 valence electrons. The van der Waals surface area contributed by atoms with Gasteiger partial charge in [0.15, 0.2) is 11.6 Å². The summed E-state index contributed by atoms with van der Waals surface area (Å²) in [6.07, 6.45) is 7.60. The molecule has 2 aromatic carbocycles. The molecular weight excluding hydrogens is 466 g/mol. The number of rotatable bonds is 7. The first-order chi connectivity index (χ1) is 16.7. The van der Waals surface area contributed by atoms with E-state index >= 15 is 4.39 Å². The molecular formula is C28H30F6O. The summed E-state index contributed by atoms with van der Waals surface area (Å²) < 4.78 is 85.3. The van der Waals surface area contributed by atoms with Crippen LogP contribution in [0.15, 0.2) is 29.8 Å². The summed E-state index contributed by atoms with van der Waals surface area (Å²) in [6, 6.07) is 3.67. The fraction of sp³-hybridized carbons (Fsp3) is 0.500. The lowest BCUT2D eigenvalue weighted by Crippen LogP contribution is -2.18. The number of halogens is 6. The summed E-state index contributed by atoms with van der Waals surface area (Å²) in [5, 5.41) is 0. The molecule has 2 aromatic rings. The second-order valence-corrected chi connectivity index (χ2v) is 9.74. The Hall–Kier alpha value is -2.44. The Bertz CT molecular complexity index is 1080. The molecule has 4 rings (SSSR count). The SMILES string of the molecule is CCCCCC1CCC(C2=Cc3cc(F)c(-c4ccc(OC(F)(F)F)c(F)c4)c(F)c3CC2)CC1. The van der Waals surface area contributed by atoms with Crippen LogP contribution in [-0.4, -0.2) is 6.36 Å². The van der Waals surface area contributed by atoms with Gasteiger partial charge in [0, 0.05) is 0 Å². The molecule has 0 aromatic heterocycles. The van der Waals surface area contributed by atoms with Crippen LogP contribution in [0.2, 0.25) is 0 Å². The van der Waals surface area contributed by atoms with Crippen LogP contribution in [0.5, 0.6) is 5.75 Å². The molecule has 35 heavy (non-hydrogen) atoms. The average molecular weight is 497 g/mol. The molecule has 0 saturated heterocycles. The van der Waals surface area contributed by atoms with Gasteiger partial charge in [0.25, 0.3) is 0 Å². The summed E-state index contributed by atoms with van der Waals surface area (Å²) >= 11 is 0. The van der Waals surface area contributed by atoms with Gasteiger partial charge in [-0.1, -0.05) is 50.3 Å². The monoisotopic (exact) mass is 496 g/mol. The quantitative estimate of drug-likeness (QED) is 0.274. The Morgan fingerprint density at radius 2 is 1.66 bits per heavy atom. The van der Waals surface area contributed by atoms with Crippen molar-refractivity contribution in [3.8, 4) is 16.9 Å². The van der Waals surface area contributed by atoms with E-state index in [1.54, 1.807) is 0 Å². The van der Waals surface area contributed by atoms with Crippen LogP contribution in [0.25, 0.3) is 17.2 Å². The molecule has 0 amide bonds. The first-order valence-corrected chi connectivity index (χ1v) is 12.4. The maximum atomic E-state index is 15.4. The van der Waals surface area contributed by atoms with Gasteiger partial charge in [-0.3, -0.25) is 0 Å². The van der Waals surface area contributed by atoms with Crippen molar-refractivity contribution in [1.82, 2.24) is 0 Å². The second-order valence-electron chi connectivity index (χ2n) is 9.74. The van der Waals surface area contributed by atoms with Crippen LogP contribution in [0.1, 0.15) is 75.8 Å². The maximum absolute atomic E-state index is 15.4. The highest BCUT2D eigenvalue weighted by molar-refractivity contribution is 5.72. The predicted molar refractivity (Wildman–Crippen MR) is 124 cm³/mol. The molecule has 0 atom stereocenters. The average Bonchev–Trinajstić information content (AvgIpc) is 2.80. The van der Waals surface area contributed by atoms with Gasteiger partial charge in [0.05, 0.1) is 5.56 Å². The van der Waals surface area contributed by atoms with E-state index < -0.39 is 35.1 Å². The van der Waals surface area contributed by atoms with Gasteiger partial charge in [0.2, 0.25) is 0 Å². The molecule has 0 radical (unpaired) electrons. The zero-order valence-electron chi connectivity index (χ0n) is 19.8. The summed E-state index contributed by atoms with van der Waals surface area (Å²) in [6.45, 7) is 2.21. The van der Waals surface area contributed by atoms with Crippen molar-refractivity contribution in [2.24, 2.45) is 11.8 Å². The maximum Gasteiger partial charge on any atom is 0.573 e. The predicted octanol–water partition coefficient (Wildman–Crippen LogP) is 9.39. The van der Waals surface area contributed by atoms with Gasteiger partial charge in [0.1, 0.15) is 11.6 Å². The number of hydrogen-bond donors (Lipinski definition) is 0. The first-order valence-electron chi connectivity index (χ1n) is 12.4. The minimum atomic E-state index is -5.07. The number of alkyl halides is 3. The Labute approximate surface area is 202 Å². The van der Waals surface area contributed by atoms with Crippen molar-refractivity contribution in [1.29, 1.82) is 0 Å². The number of allylic oxidation sites excluding steroid dienone is 1. The normalized spacial score (nSPS) is 20.4. The van der Waals surface area contributed by atoms with E-state index in [9.17, 15) is 22.0 Å². The minimum absolute atomic E-state index is 0.175. The van der Waals surface area contributed by atoms with Crippen LogP contribution in [0.3, 0.4) is 0 Å². The Kier molecular flexibility index (Phi) is 7.82. The zero-order valence-corrected chi connectivity index (χ0v) is 19.8. The first kappa shape index (κ1) is 25.6. The van der Waals surface area contributed by atoms with Gasteiger partial charge >= 0.3 is 6.36 Å². The van der Waals surface area contributed by atoms with E-state index in [-0.39, 0.29) is 5.56 Å². The van der Waals surface area contributed by atoms with Crippen molar-refractivity contribution in [3.63, 3.8) is 0 Å². The molecule has 1 fully saturated rings. The van der Waals surface area contributed by atoms with E-state index in [0.717, 1.165) is 30.9 Å². The summed E-state index contributed by atoms with van der Waals surface area (Å²) in [5.74, 6) is -2.84. The Balaban J connectivity index is 1.52. The standard InChI is InChI=1S/C28H30F6O/c1-2-3-4-5-17-6-8-18(9-7-17)19-10-12-22-21(14-19)16-24(30)26(27(22)31)20-11-13-25(23(29)15-20)35-28(32,33)34/h11,13-18H,2-10,12H2,1H3. The number of benzene rings is 2. The third kappa shape index (κ3) is 6.04. The topological polar surface area (TPSA) is 9.23 Å². The Morgan fingerprint density at radius 3 is 2.31 bits per heavy atom. The van der Waals surface area contributed by atoms with E-state index in [1.807, 2.05) is 6.08 Å². The summed E-state index contributed by atoms with van der Waals surface area (Å²) in [5.41, 5.74) is 1.47. The Morgan fingerprint density at radius 1 is 0.914 bits per heavy atom. The molecule has 0 N–H and O–H groups in total. The molecule has 2 aliphatic carbocycles. The number of ether oxygens (including phenoxy) is 1. The highest BCUT2D eigenvalue weighted by Gasteiger charge is 2.33. The number of hydrogen-bond acceptors (Lipinski definition) is 1. The molecule has 0 heterocycles. The minimum Gasteiger partial charge on any atom is -0.403 e. The van der Waals surface area contributed by atoms with Gasteiger partial charge in [-0.15, -0.1) is 13.2 Å². The van der Waals surface area contributed by atoms with Gasteiger partial charge < -0.3 is 4.74 Å². The zero-order chi connectivity index (χ0) is 25.2. The fourth-order valence-electron chi connectivity index (χ4n) is 5.56. The van der Waals surface area contributed by atoms with Crippen LogP contribution in [0, 0.1) is 29.3 Å². The summed E-state index contributed by atoms with van der Waals surface area (Å²) in [4.78, 5) is 0. The molecule has 0 unspecified atom stereocenters. The van der Waals surface area contributed by atoms with Crippen molar-refractivity contribution < 1.29 is 31.1 Å². The van der Waals surface area contributed by atoms with E-state index in [1.165, 1.54) is 50.2 Å².